The fraction of sp³-hybridized carbons (Fsp3) is 0.118. The topological polar surface area (TPSA) is 72.5 Å². The Labute approximate surface area is 127 Å². The minimum Gasteiger partial charge on any atom is -0.497 e. The van der Waals surface area contributed by atoms with Crippen LogP contribution in [0.1, 0.15) is 16.8 Å². The summed E-state index contributed by atoms with van der Waals surface area (Å²) in [6.07, 6.45) is -0.452. The molecule has 5 nitrogen and oxygen atoms in total. The van der Waals surface area contributed by atoms with Crippen LogP contribution in [0.4, 0.5) is 5.69 Å². The number of hydrogen-bond donors (Lipinski definition) is 1. The molecular weight excluding hydrogens is 282 g/mol. The number of benzene rings is 2. The van der Waals surface area contributed by atoms with E-state index in [1.54, 1.807) is 54.6 Å². The van der Waals surface area contributed by atoms with Gasteiger partial charge in [-0.1, -0.05) is 30.3 Å². The van der Waals surface area contributed by atoms with E-state index >= 15 is 0 Å². The third kappa shape index (κ3) is 4.02. The second kappa shape index (κ2) is 7.17. The molecule has 0 aliphatic rings. The first-order valence-corrected chi connectivity index (χ1v) is 6.66. The zero-order valence-electron chi connectivity index (χ0n) is 12.0. The zero-order chi connectivity index (χ0) is 15.9. The third-order valence-electron chi connectivity index (χ3n) is 3.02. The van der Waals surface area contributed by atoms with Crippen LogP contribution >= 0.6 is 0 Å². The maximum absolute atomic E-state index is 11.9. The summed E-state index contributed by atoms with van der Waals surface area (Å²) in [4.78, 5) is 35.5. The summed E-state index contributed by atoms with van der Waals surface area (Å²) in [5.41, 5.74) is 0.874. The van der Waals surface area contributed by atoms with Crippen molar-refractivity contribution in [1.82, 2.24) is 0 Å². The molecule has 0 bridgehead atoms. The molecule has 1 N–H and O–H groups in total. The Bertz CT molecular complexity index is 678. The van der Waals surface area contributed by atoms with Crippen LogP contribution in [-0.4, -0.2) is 24.6 Å². The minimum atomic E-state index is -0.811. The third-order valence-corrected chi connectivity index (χ3v) is 3.02. The zero-order valence-corrected chi connectivity index (χ0v) is 12.0. The van der Waals surface area contributed by atoms with Crippen molar-refractivity contribution in [1.29, 1.82) is 0 Å². The number of ether oxygens (including phenoxy) is 1. The lowest BCUT2D eigenvalue weighted by Gasteiger charge is -2.05. The molecule has 112 valence electrons. The molecule has 0 saturated heterocycles. The predicted octanol–water partition coefficient (Wildman–Crippen LogP) is 2.48. The molecular formula is C17H15NO4. The van der Waals surface area contributed by atoms with Gasteiger partial charge in [-0.2, -0.15) is 0 Å². The standard InChI is InChI=1S/C17H15NO4/c1-22-14-9-7-13(8-10-14)18-17(21)16(20)11-15(19)12-5-3-2-4-6-12/h2-10H,11H2,1H3,(H,18,21). The highest BCUT2D eigenvalue weighted by Crippen LogP contribution is 2.15. The number of rotatable bonds is 6. The van der Waals surface area contributed by atoms with Crippen LogP contribution in [0, 0.1) is 0 Å². The highest BCUT2D eigenvalue weighted by Gasteiger charge is 2.18. The number of carbonyl (C=O) groups is 3. The van der Waals surface area contributed by atoms with E-state index in [1.807, 2.05) is 0 Å². The molecule has 0 atom stereocenters. The average molecular weight is 297 g/mol. The predicted molar refractivity (Wildman–Crippen MR) is 82.0 cm³/mol. The van der Waals surface area contributed by atoms with Gasteiger partial charge in [0, 0.05) is 11.3 Å². The van der Waals surface area contributed by atoms with Crippen molar-refractivity contribution >= 4 is 23.2 Å². The Balaban J connectivity index is 1.94. The Morgan fingerprint density at radius 1 is 0.955 bits per heavy atom. The molecule has 22 heavy (non-hydrogen) atoms. The van der Waals surface area contributed by atoms with Gasteiger partial charge in [0.1, 0.15) is 5.75 Å². The lowest BCUT2D eigenvalue weighted by molar-refractivity contribution is -0.134. The van der Waals surface area contributed by atoms with Crippen LogP contribution in [0.2, 0.25) is 0 Å². The second-order valence-corrected chi connectivity index (χ2v) is 4.57. The lowest BCUT2D eigenvalue weighted by Crippen LogP contribution is -2.25. The van der Waals surface area contributed by atoms with Gasteiger partial charge in [-0.15, -0.1) is 0 Å². The van der Waals surface area contributed by atoms with Crippen molar-refractivity contribution in [2.45, 2.75) is 6.42 Å². The molecule has 0 saturated carbocycles. The maximum atomic E-state index is 11.9. The average Bonchev–Trinajstić information content (AvgIpc) is 2.56. The second-order valence-electron chi connectivity index (χ2n) is 4.57. The number of methoxy groups -OCH3 is 1. The van der Waals surface area contributed by atoms with Gasteiger partial charge in [0.05, 0.1) is 13.5 Å². The van der Waals surface area contributed by atoms with Gasteiger partial charge in [0.15, 0.2) is 5.78 Å². The Morgan fingerprint density at radius 2 is 1.59 bits per heavy atom. The van der Waals surface area contributed by atoms with Gasteiger partial charge in [-0.05, 0) is 24.3 Å². The van der Waals surface area contributed by atoms with Crippen LogP contribution in [-0.2, 0) is 9.59 Å². The highest BCUT2D eigenvalue weighted by atomic mass is 16.5. The van der Waals surface area contributed by atoms with E-state index in [2.05, 4.69) is 5.32 Å². The number of ketones is 2. The monoisotopic (exact) mass is 297 g/mol. The van der Waals surface area contributed by atoms with Gasteiger partial charge in [-0.3, -0.25) is 14.4 Å². The molecule has 0 aliphatic carbocycles. The molecule has 0 aromatic heterocycles. The highest BCUT2D eigenvalue weighted by molar-refractivity contribution is 6.44. The number of Topliss-reactive ketones (excluding diaryl/α,β-unsaturated/α-hetero) is 2. The van der Waals surface area contributed by atoms with E-state index in [9.17, 15) is 14.4 Å². The lowest BCUT2D eigenvalue weighted by atomic mass is 10.1. The summed E-state index contributed by atoms with van der Waals surface area (Å²) < 4.78 is 5.00. The number of amides is 1. The van der Waals surface area contributed by atoms with E-state index in [0.29, 0.717) is 17.0 Å². The summed E-state index contributed by atoms with van der Waals surface area (Å²) in [7, 11) is 1.53. The number of nitrogens with one attached hydrogen (secondary N) is 1. The molecule has 0 radical (unpaired) electrons. The van der Waals surface area contributed by atoms with Gasteiger partial charge in [-0.25, -0.2) is 0 Å². The van der Waals surface area contributed by atoms with Gasteiger partial charge < -0.3 is 10.1 Å². The van der Waals surface area contributed by atoms with Gasteiger partial charge in [0.2, 0.25) is 5.78 Å². The maximum Gasteiger partial charge on any atom is 0.292 e. The first-order valence-electron chi connectivity index (χ1n) is 6.66. The molecule has 0 heterocycles. The van der Waals surface area contributed by atoms with Crippen molar-refractivity contribution in [3.8, 4) is 5.75 Å². The summed E-state index contributed by atoms with van der Waals surface area (Å²) in [5.74, 6) is -1.32. The minimum absolute atomic E-state index is 0.379. The normalized spacial score (nSPS) is 9.86. The Hall–Kier alpha value is -2.95. The Kier molecular flexibility index (Phi) is 5.03. The van der Waals surface area contributed by atoms with E-state index in [4.69, 9.17) is 4.74 Å². The van der Waals surface area contributed by atoms with Gasteiger partial charge in [0.25, 0.3) is 5.91 Å². The number of hydrogen-bond acceptors (Lipinski definition) is 4. The summed E-state index contributed by atoms with van der Waals surface area (Å²) in [6, 6.07) is 14.9. The molecule has 0 fully saturated rings. The smallest absolute Gasteiger partial charge is 0.292 e. The van der Waals surface area contributed by atoms with Crippen LogP contribution in [0.15, 0.2) is 54.6 Å². The van der Waals surface area contributed by atoms with E-state index in [-0.39, 0.29) is 5.78 Å². The first kappa shape index (κ1) is 15.4. The number of carbonyl (C=O) groups excluding carboxylic acids is 3. The van der Waals surface area contributed by atoms with Crippen molar-refractivity contribution < 1.29 is 19.1 Å². The van der Waals surface area contributed by atoms with Crippen LogP contribution in [0.25, 0.3) is 0 Å². The molecule has 1 amide bonds. The molecule has 0 aliphatic heterocycles. The molecule has 2 aromatic rings. The van der Waals surface area contributed by atoms with Crippen molar-refractivity contribution in [3.63, 3.8) is 0 Å². The summed E-state index contributed by atoms with van der Waals surface area (Å²) in [5, 5.41) is 2.45. The van der Waals surface area contributed by atoms with Crippen LogP contribution < -0.4 is 10.1 Å². The Morgan fingerprint density at radius 3 is 2.18 bits per heavy atom. The fourth-order valence-electron chi connectivity index (χ4n) is 1.83. The fourth-order valence-corrected chi connectivity index (χ4v) is 1.83. The molecule has 0 spiro atoms. The molecule has 5 heteroatoms. The number of anilines is 1. The van der Waals surface area contributed by atoms with Crippen LogP contribution in [0.3, 0.4) is 0 Å². The molecule has 0 unspecified atom stereocenters. The van der Waals surface area contributed by atoms with Gasteiger partial charge >= 0.3 is 0 Å². The van der Waals surface area contributed by atoms with Crippen LogP contribution in [0.5, 0.6) is 5.75 Å². The molecule has 2 aromatic carbocycles. The van der Waals surface area contributed by atoms with Crippen molar-refractivity contribution in [2.75, 3.05) is 12.4 Å². The van der Waals surface area contributed by atoms with E-state index in [1.165, 1.54) is 7.11 Å². The van der Waals surface area contributed by atoms with E-state index < -0.39 is 18.1 Å². The van der Waals surface area contributed by atoms with Crippen molar-refractivity contribution in [3.05, 3.63) is 60.2 Å². The summed E-state index contributed by atoms with van der Waals surface area (Å²) in [6.45, 7) is 0. The summed E-state index contributed by atoms with van der Waals surface area (Å²) >= 11 is 0. The quantitative estimate of drug-likeness (QED) is 0.505. The SMILES string of the molecule is COc1ccc(NC(=O)C(=O)CC(=O)c2ccccc2)cc1. The first-order chi connectivity index (χ1) is 10.6. The van der Waals surface area contributed by atoms with Crippen molar-refractivity contribution in [2.24, 2.45) is 0 Å². The largest absolute Gasteiger partial charge is 0.497 e. The molecule has 2 rings (SSSR count). The van der Waals surface area contributed by atoms with E-state index in [0.717, 1.165) is 0 Å².